The molecule has 18 rings (SSSR count). The van der Waals surface area contributed by atoms with Crippen LogP contribution in [0.15, 0.2) is 0 Å². The van der Waals surface area contributed by atoms with Crippen molar-refractivity contribution in [2.24, 2.45) is 41.4 Å². The first kappa shape index (κ1) is 69.6. The molecule has 18 fully saturated rings. The third-order valence-electron chi connectivity index (χ3n) is 24.2. The van der Waals surface area contributed by atoms with Crippen LogP contribution >= 0.6 is 0 Å². The maximum Gasteiger partial charge on any atom is 0.227 e. The van der Waals surface area contributed by atoms with Crippen molar-refractivity contribution in [2.75, 3.05) is 106 Å². The number of imide groups is 1. The van der Waals surface area contributed by atoms with Gasteiger partial charge in [-0.3, -0.25) is 44.1 Å². The highest BCUT2D eigenvalue weighted by atomic mass is 16.3. The summed E-state index contributed by atoms with van der Waals surface area (Å²) in [7, 11) is 4.12. The van der Waals surface area contributed by atoms with Crippen molar-refractivity contribution in [2.45, 2.75) is 281 Å². The molecule has 16 nitrogen and oxygen atoms in total. The number of hydrogen-bond donors (Lipinski definition) is 4. The first-order valence-corrected chi connectivity index (χ1v) is 37.1. The third-order valence-corrected chi connectivity index (χ3v) is 24.2. The largest absolute Gasteiger partial charge is 0.395 e. The standard InChI is InChI=1S/C9H14N2.C9H15N.C9H17N.C8H15NO.C8H15N.C7H13N.C6H11NO.C6H11N.C5H7NO2.C5H9NO/c1-10-4-5-11-7-8-2-3-9(11)6-8;1-2-9-5-7(1)6-10(9)8-3-4-8;1-7(2)10-6-8-3-4-9(10)5-8;10-4-3-9-6-7-1-2-8(9)5-7;1-2-9-6-7-3-4-8(9)5-7;1-8-5-6-2-3-7(8)4-6;1-7-5-3-2-4-6(7)8;1-2-6-3-5(1)4-7-6;7-4-2-1-3-5(8)6-4;7-5-3-1-2-4-6-5/h8-9H,2-7H2;7-9H,1-6H2;7-9H,3-6H2,1-2H3;7-8,10H,1-6H2;7-8H,2-6H2,1H3;6-7H,2-5H2,1H3;2-5H2,1H3;5-7H,1-4H2;1-3H2,(H,6,7,8);1-4H2,(H,6,7). The zero-order valence-electron chi connectivity index (χ0n) is 56.4. The topological polar surface area (TPSA) is 152 Å². The van der Waals surface area contributed by atoms with Crippen molar-refractivity contribution >= 4 is 23.6 Å². The Balaban J connectivity index is 0.000000117. The molecular weight excluding hydrogens is 1100 g/mol. The lowest BCUT2D eigenvalue weighted by Gasteiger charge is -2.30. The van der Waals surface area contributed by atoms with E-state index in [0.29, 0.717) is 38.3 Å². The predicted molar refractivity (Wildman–Crippen MR) is 354 cm³/mol. The molecule has 18 aliphatic rings. The smallest absolute Gasteiger partial charge is 0.227 e. The number of piperidine rings is 10. The Kier molecular flexibility index (Phi) is 28.1. The highest BCUT2D eigenvalue weighted by molar-refractivity contribution is 5.97. The first-order chi connectivity index (χ1) is 42.7. The molecule has 4 N–H and O–H groups in total. The number of hydrogen-bond acceptors (Lipinski definition) is 12. The summed E-state index contributed by atoms with van der Waals surface area (Å²) in [4.78, 5) is 62.5. The molecule has 0 aromatic rings. The lowest BCUT2D eigenvalue weighted by Crippen LogP contribution is -2.37. The van der Waals surface area contributed by atoms with E-state index in [9.17, 15) is 19.2 Å². The summed E-state index contributed by atoms with van der Waals surface area (Å²) >= 11 is 0. The summed E-state index contributed by atoms with van der Waals surface area (Å²) in [5.41, 5.74) is 0. The minimum atomic E-state index is -0.138. The summed E-state index contributed by atoms with van der Waals surface area (Å²) in [5, 5.41) is 17.1. The fourth-order valence-electron chi connectivity index (χ4n) is 19.0. The minimum absolute atomic E-state index is 0.138. The summed E-state index contributed by atoms with van der Waals surface area (Å²) in [5.74, 6) is 7.57. The molecule has 10 heterocycles. The van der Waals surface area contributed by atoms with Crippen molar-refractivity contribution in [3.63, 3.8) is 0 Å². The lowest BCUT2D eigenvalue weighted by atomic mass is 10.1. The van der Waals surface area contributed by atoms with E-state index in [4.69, 9.17) is 11.7 Å². The van der Waals surface area contributed by atoms with Crippen LogP contribution in [0.1, 0.15) is 226 Å². The molecule has 16 heteroatoms. The Hall–Kier alpha value is -2.75. The van der Waals surface area contributed by atoms with Gasteiger partial charge in [-0.1, -0.05) is 6.92 Å². The summed E-state index contributed by atoms with van der Waals surface area (Å²) < 4.78 is 0. The highest BCUT2D eigenvalue weighted by Gasteiger charge is 2.45. The van der Waals surface area contributed by atoms with Crippen LogP contribution in [0.2, 0.25) is 0 Å². The molecule has 0 spiro atoms. The molecule has 14 bridgehead atoms. The van der Waals surface area contributed by atoms with E-state index in [1.807, 2.05) is 7.05 Å². The van der Waals surface area contributed by atoms with E-state index in [2.05, 4.69) is 78.0 Å². The van der Waals surface area contributed by atoms with E-state index in [0.717, 1.165) is 154 Å². The summed E-state index contributed by atoms with van der Waals surface area (Å²) in [6.07, 6.45) is 41.7. The van der Waals surface area contributed by atoms with Crippen LogP contribution < -0.4 is 16.0 Å². The monoisotopic (exact) mass is 1230 g/mol. The van der Waals surface area contributed by atoms with Gasteiger partial charge in [0.2, 0.25) is 30.2 Å². The number of likely N-dealkylation sites (tertiary alicyclic amines) is 7. The lowest BCUT2D eigenvalue weighted by molar-refractivity contribution is -0.133. The maximum absolute atomic E-state index is 10.7. The second-order valence-corrected chi connectivity index (χ2v) is 31.0. The third kappa shape index (κ3) is 21.4. The number of nitrogens with one attached hydrogen (secondary N) is 3. The molecular formula is C72H127N11O5. The average molecular weight is 1230 g/mol. The Morgan fingerprint density at radius 3 is 1.30 bits per heavy atom. The minimum Gasteiger partial charge on any atom is -0.395 e. The number of amides is 4. The molecule has 88 heavy (non-hydrogen) atoms. The van der Waals surface area contributed by atoms with Crippen molar-refractivity contribution in [1.29, 1.82) is 0 Å². The van der Waals surface area contributed by atoms with Gasteiger partial charge in [-0.05, 0) is 255 Å². The number of rotatable bonds is 7. The SMILES string of the molecule is C1CC2CC1CN2.C1CC2CC1CN2C1CC1.CC(C)N1CC2CCC1C2.CCN1CC2CCC1C2.CN1CC2CCC1C2.CN1CCCCC1=O.O=C1CCCC(=O)N1.O=C1CCCCN1.OCCN1CC2CCC1C2.[C-]#[N+]CCN1CC2CCC1C2. The zero-order valence-corrected chi connectivity index (χ0v) is 56.4. The Morgan fingerprint density at radius 1 is 0.511 bits per heavy atom. The number of fused-ring (bicyclic) bond motifs is 14. The van der Waals surface area contributed by atoms with E-state index in [1.54, 1.807) is 4.90 Å². The molecule has 0 aromatic carbocycles. The quantitative estimate of drug-likeness (QED) is 0.142. The normalized spacial score (nSPS) is 36.7. The number of aliphatic hydroxyl groups excluding tert-OH is 1. The highest BCUT2D eigenvalue weighted by Crippen LogP contribution is 2.44. The van der Waals surface area contributed by atoms with Crippen LogP contribution in [0.25, 0.3) is 4.85 Å². The van der Waals surface area contributed by atoms with Gasteiger partial charge in [0.05, 0.1) is 13.2 Å². The van der Waals surface area contributed by atoms with Gasteiger partial charge in [0.15, 0.2) is 0 Å². The zero-order chi connectivity index (χ0) is 61.9. The molecule has 0 radical (unpaired) electrons. The fraction of sp³-hybridized carbons (Fsp3) is 0.931. The van der Waals surface area contributed by atoms with E-state index >= 15 is 0 Å². The Bertz CT molecular complexity index is 2110. The number of carbonyl (C=O) groups excluding carboxylic acids is 4. The van der Waals surface area contributed by atoms with Gasteiger partial charge in [0.1, 0.15) is 0 Å². The van der Waals surface area contributed by atoms with E-state index in [-0.39, 0.29) is 17.7 Å². The van der Waals surface area contributed by atoms with Crippen LogP contribution in [-0.2, 0) is 19.2 Å². The molecule has 4 amide bonds. The van der Waals surface area contributed by atoms with Gasteiger partial charge < -0.3 is 35.3 Å². The maximum atomic E-state index is 10.7. The molecule has 14 unspecified atom stereocenters. The van der Waals surface area contributed by atoms with Crippen molar-refractivity contribution < 1.29 is 24.3 Å². The molecule has 8 saturated carbocycles. The summed E-state index contributed by atoms with van der Waals surface area (Å²) in [6.45, 7) is 29.2. The van der Waals surface area contributed by atoms with E-state index in [1.165, 1.54) is 206 Å². The van der Waals surface area contributed by atoms with Crippen LogP contribution in [0, 0.1) is 48.0 Å². The molecule has 10 saturated heterocycles. The van der Waals surface area contributed by atoms with Crippen molar-refractivity contribution in [3.8, 4) is 0 Å². The molecule has 8 aliphatic carbocycles. The molecule has 10 aliphatic heterocycles. The summed E-state index contributed by atoms with van der Waals surface area (Å²) in [6, 6.07) is 8.37. The second-order valence-electron chi connectivity index (χ2n) is 31.0. The second kappa shape index (κ2) is 35.5. The van der Waals surface area contributed by atoms with Crippen LogP contribution in [0.3, 0.4) is 0 Å². The van der Waals surface area contributed by atoms with Crippen molar-refractivity contribution in [3.05, 3.63) is 11.4 Å². The predicted octanol–water partition coefficient (Wildman–Crippen LogP) is 9.44. The number of aliphatic hydroxyl groups is 1. The molecule has 0 aromatic heterocycles. The number of carbonyl (C=O) groups is 4. The number of β-amino-alcohol motifs (C(OH)–C–C–N with tert-alkyl or cyclic N) is 1. The van der Waals surface area contributed by atoms with Crippen molar-refractivity contribution in [1.82, 2.24) is 50.2 Å². The molecule has 500 valence electrons. The average Bonchev–Trinajstić information content (AvgIpc) is 2.97. The fourth-order valence-corrected chi connectivity index (χ4v) is 19.0. The first-order valence-electron chi connectivity index (χ1n) is 37.1. The Morgan fingerprint density at radius 2 is 1.02 bits per heavy atom. The van der Waals surface area contributed by atoms with Gasteiger partial charge in [0, 0.05) is 146 Å². The molecule has 14 atom stereocenters. The van der Waals surface area contributed by atoms with Gasteiger partial charge in [-0.2, -0.15) is 0 Å². The van der Waals surface area contributed by atoms with Crippen LogP contribution in [0.5, 0.6) is 0 Å². The van der Waals surface area contributed by atoms with Crippen LogP contribution in [0.4, 0.5) is 0 Å². The van der Waals surface area contributed by atoms with Gasteiger partial charge in [-0.25, -0.2) is 6.57 Å². The van der Waals surface area contributed by atoms with Crippen LogP contribution in [-0.4, -0.2) is 223 Å². The Labute approximate surface area is 535 Å². The van der Waals surface area contributed by atoms with Gasteiger partial charge >= 0.3 is 0 Å². The van der Waals surface area contributed by atoms with Gasteiger partial charge in [-0.15, -0.1) is 0 Å². The van der Waals surface area contributed by atoms with E-state index < -0.39 is 0 Å². The van der Waals surface area contributed by atoms with Gasteiger partial charge in [0.25, 0.3) is 0 Å². The number of nitrogens with zero attached hydrogens (tertiary/aromatic N) is 8.